The SMILES string of the molecule is COc1ccc(CC(=O)N2CCN(C(=O)c3cccc(F)c3)C2C(=O)NC2CCC(N)CC2)cc1. The van der Waals surface area contributed by atoms with E-state index in [1.165, 1.54) is 28.0 Å². The third-order valence-corrected chi connectivity index (χ3v) is 6.69. The summed E-state index contributed by atoms with van der Waals surface area (Å²) in [4.78, 5) is 42.8. The Morgan fingerprint density at radius 2 is 1.71 bits per heavy atom. The van der Waals surface area contributed by atoms with Crippen molar-refractivity contribution in [3.63, 3.8) is 0 Å². The maximum Gasteiger partial charge on any atom is 0.264 e. The molecule has 8 nitrogen and oxygen atoms in total. The van der Waals surface area contributed by atoms with Crippen LogP contribution in [-0.2, 0) is 16.0 Å². The van der Waals surface area contributed by atoms with Crippen molar-refractivity contribution in [1.82, 2.24) is 15.1 Å². The fourth-order valence-electron chi connectivity index (χ4n) is 4.73. The minimum atomic E-state index is -1.10. The second-order valence-corrected chi connectivity index (χ2v) is 9.11. The Balaban J connectivity index is 1.54. The number of nitrogens with two attached hydrogens (primary N) is 1. The molecular weight excluding hydrogens is 451 g/mol. The Labute approximate surface area is 204 Å². The smallest absolute Gasteiger partial charge is 0.264 e. The number of carbonyl (C=O) groups is 3. The van der Waals surface area contributed by atoms with Crippen LogP contribution in [0.4, 0.5) is 4.39 Å². The summed E-state index contributed by atoms with van der Waals surface area (Å²) in [6.45, 7) is 0.390. The number of hydrogen-bond donors (Lipinski definition) is 2. The fourth-order valence-corrected chi connectivity index (χ4v) is 4.73. The van der Waals surface area contributed by atoms with Gasteiger partial charge in [-0.3, -0.25) is 14.4 Å². The third-order valence-electron chi connectivity index (χ3n) is 6.69. The molecule has 35 heavy (non-hydrogen) atoms. The number of hydrogen-bond acceptors (Lipinski definition) is 5. The van der Waals surface area contributed by atoms with Crippen LogP contribution in [0, 0.1) is 5.82 Å². The van der Waals surface area contributed by atoms with Gasteiger partial charge in [-0.15, -0.1) is 0 Å². The van der Waals surface area contributed by atoms with Crippen LogP contribution in [0.2, 0.25) is 0 Å². The number of carbonyl (C=O) groups excluding carboxylic acids is 3. The molecule has 186 valence electrons. The van der Waals surface area contributed by atoms with E-state index in [1.54, 1.807) is 31.4 Å². The van der Waals surface area contributed by atoms with Crippen molar-refractivity contribution in [1.29, 1.82) is 0 Å². The van der Waals surface area contributed by atoms with E-state index in [-0.39, 0.29) is 43.1 Å². The van der Waals surface area contributed by atoms with Crippen LogP contribution >= 0.6 is 0 Å². The first-order valence-corrected chi connectivity index (χ1v) is 11.9. The first kappa shape index (κ1) is 24.7. The van der Waals surface area contributed by atoms with Gasteiger partial charge in [0, 0.05) is 30.7 Å². The molecule has 2 aliphatic rings. The molecule has 1 aliphatic heterocycles. The zero-order chi connectivity index (χ0) is 24.9. The molecule has 9 heteroatoms. The van der Waals surface area contributed by atoms with E-state index in [2.05, 4.69) is 5.32 Å². The monoisotopic (exact) mass is 482 g/mol. The van der Waals surface area contributed by atoms with E-state index in [9.17, 15) is 18.8 Å². The second-order valence-electron chi connectivity index (χ2n) is 9.11. The molecule has 3 N–H and O–H groups in total. The van der Waals surface area contributed by atoms with Crippen LogP contribution in [-0.4, -0.2) is 66.0 Å². The van der Waals surface area contributed by atoms with E-state index in [0.717, 1.165) is 37.3 Å². The van der Waals surface area contributed by atoms with Gasteiger partial charge in [0.05, 0.1) is 13.5 Å². The van der Waals surface area contributed by atoms with Crippen molar-refractivity contribution in [2.24, 2.45) is 5.73 Å². The highest BCUT2D eigenvalue weighted by Crippen LogP contribution is 2.23. The summed E-state index contributed by atoms with van der Waals surface area (Å²) < 4.78 is 18.9. The molecule has 4 rings (SSSR count). The van der Waals surface area contributed by atoms with Crippen molar-refractivity contribution in [2.45, 2.75) is 50.4 Å². The minimum absolute atomic E-state index is 0.0624. The number of benzene rings is 2. The highest BCUT2D eigenvalue weighted by Gasteiger charge is 2.43. The molecule has 0 spiro atoms. The standard InChI is InChI=1S/C26H31FN4O4/c1-35-22-11-5-17(6-12-22)15-23(32)30-13-14-31(26(34)18-3-2-4-19(27)16-18)25(30)24(33)29-21-9-7-20(28)8-10-21/h2-6,11-12,16,20-21,25H,7-10,13-15,28H2,1H3,(H,29,33). The first-order chi connectivity index (χ1) is 16.9. The van der Waals surface area contributed by atoms with Gasteiger partial charge in [0.15, 0.2) is 6.17 Å². The number of ether oxygens (including phenoxy) is 1. The lowest BCUT2D eigenvalue weighted by Gasteiger charge is -2.33. The van der Waals surface area contributed by atoms with E-state index in [1.807, 2.05) is 0 Å². The molecule has 1 unspecified atom stereocenters. The van der Waals surface area contributed by atoms with E-state index >= 15 is 0 Å². The normalized spacial score (nSPS) is 22.1. The summed E-state index contributed by atoms with van der Waals surface area (Å²) >= 11 is 0. The highest BCUT2D eigenvalue weighted by atomic mass is 19.1. The largest absolute Gasteiger partial charge is 0.497 e. The zero-order valence-corrected chi connectivity index (χ0v) is 19.8. The zero-order valence-electron chi connectivity index (χ0n) is 19.8. The van der Waals surface area contributed by atoms with Gasteiger partial charge in [-0.05, 0) is 61.6 Å². The predicted molar refractivity (Wildman–Crippen MR) is 128 cm³/mol. The van der Waals surface area contributed by atoms with Crippen LogP contribution in [0.25, 0.3) is 0 Å². The van der Waals surface area contributed by atoms with Crippen LogP contribution in [0.1, 0.15) is 41.6 Å². The molecule has 1 saturated heterocycles. The highest BCUT2D eigenvalue weighted by molar-refractivity contribution is 5.99. The molecule has 2 fully saturated rings. The summed E-state index contributed by atoms with van der Waals surface area (Å²) in [5, 5.41) is 3.02. The average Bonchev–Trinajstić information content (AvgIpc) is 3.31. The van der Waals surface area contributed by atoms with Gasteiger partial charge in [-0.25, -0.2) is 4.39 Å². The van der Waals surface area contributed by atoms with Crippen molar-refractivity contribution in [3.05, 3.63) is 65.5 Å². The quantitative estimate of drug-likeness (QED) is 0.656. The van der Waals surface area contributed by atoms with Gasteiger partial charge in [-0.2, -0.15) is 0 Å². The van der Waals surface area contributed by atoms with Crippen LogP contribution in [0.5, 0.6) is 5.75 Å². The summed E-state index contributed by atoms with van der Waals surface area (Å²) in [5.41, 5.74) is 6.89. The molecule has 0 aromatic heterocycles. The summed E-state index contributed by atoms with van der Waals surface area (Å²) in [6.07, 6.45) is 2.08. The lowest BCUT2D eigenvalue weighted by Crippen LogP contribution is -2.56. The maximum absolute atomic E-state index is 13.8. The van der Waals surface area contributed by atoms with Crippen molar-refractivity contribution >= 4 is 17.7 Å². The molecule has 1 heterocycles. The van der Waals surface area contributed by atoms with Crippen molar-refractivity contribution in [3.8, 4) is 5.75 Å². The molecule has 3 amide bonds. The Hall–Kier alpha value is -3.46. The Morgan fingerprint density at radius 3 is 2.37 bits per heavy atom. The molecule has 2 aromatic rings. The molecular formula is C26H31FN4O4. The van der Waals surface area contributed by atoms with E-state index < -0.39 is 23.8 Å². The molecule has 1 aliphatic carbocycles. The van der Waals surface area contributed by atoms with Crippen molar-refractivity contribution in [2.75, 3.05) is 20.2 Å². The van der Waals surface area contributed by atoms with Gasteiger partial charge >= 0.3 is 0 Å². The van der Waals surface area contributed by atoms with Gasteiger partial charge in [0.2, 0.25) is 5.91 Å². The Kier molecular flexibility index (Phi) is 7.65. The van der Waals surface area contributed by atoms with E-state index in [4.69, 9.17) is 10.5 Å². The molecule has 1 atom stereocenters. The molecule has 1 saturated carbocycles. The lowest BCUT2D eigenvalue weighted by atomic mass is 9.92. The number of halogens is 1. The summed E-state index contributed by atoms with van der Waals surface area (Å²) in [6, 6.07) is 12.5. The molecule has 2 aromatic carbocycles. The summed E-state index contributed by atoms with van der Waals surface area (Å²) in [7, 11) is 1.57. The van der Waals surface area contributed by atoms with Gasteiger partial charge in [0.1, 0.15) is 11.6 Å². The maximum atomic E-state index is 13.8. The predicted octanol–water partition coefficient (Wildman–Crippen LogP) is 2.07. The molecule has 0 bridgehead atoms. The second kappa shape index (κ2) is 10.9. The Bertz CT molecular complexity index is 1070. The van der Waals surface area contributed by atoms with Crippen LogP contribution in [0.15, 0.2) is 48.5 Å². The lowest BCUT2D eigenvalue weighted by molar-refractivity contribution is -0.141. The number of nitrogens with zero attached hydrogens (tertiary/aromatic N) is 2. The summed E-state index contributed by atoms with van der Waals surface area (Å²) in [5.74, 6) is -1.03. The minimum Gasteiger partial charge on any atom is -0.497 e. The van der Waals surface area contributed by atoms with Crippen LogP contribution in [0.3, 0.4) is 0 Å². The van der Waals surface area contributed by atoms with Gasteiger partial charge in [-0.1, -0.05) is 18.2 Å². The number of nitrogens with one attached hydrogen (secondary N) is 1. The number of methoxy groups -OCH3 is 1. The number of rotatable bonds is 6. The topological polar surface area (TPSA) is 105 Å². The Morgan fingerprint density at radius 1 is 1.03 bits per heavy atom. The third kappa shape index (κ3) is 5.79. The average molecular weight is 483 g/mol. The van der Waals surface area contributed by atoms with Gasteiger partial charge in [0.25, 0.3) is 11.8 Å². The fraction of sp³-hybridized carbons (Fsp3) is 0.423. The van der Waals surface area contributed by atoms with Gasteiger partial charge < -0.3 is 25.6 Å². The van der Waals surface area contributed by atoms with Crippen molar-refractivity contribution < 1.29 is 23.5 Å². The van der Waals surface area contributed by atoms with E-state index in [0.29, 0.717) is 5.75 Å². The molecule has 0 radical (unpaired) electrons. The van der Waals surface area contributed by atoms with Crippen LogP contribution < -0.4 is 15.8 Å². The first-order valence-electron chi connectivity index (χ1n) is 11.9. The number of amides is 3.